The van der Waals surface area contributed by atoms with Gasteiger partial charge in [-0.2, -0.15) is 0 Å². The third kappa shape index (κ3) is 7.28. The molecule has 0 radical (unpaired) electrons. The van der Waals surface area contributed by atoms with Gasteiger partial charge in [0.1, 0.15) is 0 Å². The lowest BCUT2D eigenvalue weighted by atomic mass is 9.33. The molecule has 0 aliphatic carbocycles. The van der Waals surface area contributed by atoms with E-state index in [1.165, 1.54) is 126 Å². The Kier molecular flexibility index (Phi) is 9.83. The quantitative estimate of drug-likeness (QED) is 0.163. The van der Waals surface area contributed by atoms with Crippen molar-refractivity contribution in [3.8, 4) is 11.1 Å². The van der Waals surface area contributed by atoms with Crippen LogP contribution in [0.1, 0.15) is 105 Å². The van der Waals surface area contributed by atoms with E-state index in [-0.39, 0.29) is 28.4 Å². The molecule has 0 saturated heterocycles. The van der Waals surface area contributed by atoms with Crippen LogP contribution in [-0.2, 0) is 21.7 Å². The average molecular weight is 927 g/mol. The second-order valence-corrected chi connectivity index (χ2v) is 25.5. The lowest BCUT2D eigenvalue weighted by Crippen LogP contribution is -2.61. The topological polar surface area (TPSA) is 6.48 Å². The number of hydrogen-bond acceptors (Lipinski definition) is 3. The molecular weight excluding hydrogens is 864 g/mol. The zero-order valence-corrected chi connectivity index (χ0v) is 43.8. The summed E-state index contributed by atoms with van der Waals surface area (Å²) in [5, 5.41) is 7.63. The van der Waals surface area contributed by atoms with Gasteiger partial charge < -0.3 is 9.80 Å². The zero-order chi connectivity index (χ0) is 48.8. The number of anilines is 6. The van der Waals surface area contributed by atoms with Crippen LogP contribution in [0.4, 0.5) is 34.1 Å². The van der Waals surface area contributed by atoms with Crippen LogP contribution in [-0.4, -0.2) is 6.71 Å². The minimum atomic E-state index is -0.0693. The van der Waals surface area contributed by atoms with E-state index >= 15 is 0 Å². The van der Waals surface area contributed by atoms with Gasteiger partial charge in [-0.25, -0.2) is 0 Å². The van der Waals surface area contributed by atoms with Crippen LogP contribution in [0.2, 0.25) is 0 Å². The van der Waals surface area contributed by atoms with Gasteiger partial charge in [0.25, 0.3) is 6.71 Å². The summed E-state index contributed by atoms with van der Waals surface area (Å²) in [6.07, 6.45) is 0. The van der Waals surface area contributed by atoms with Gasteiger partial charge in [0, 0.05) is 54.3 Å². The zero-order valence-electron chi connectivity index (χ0n) is 43.0. The largest absolute Gasteiger partial charge is 0.311 e. The van der Waals surface area contributed by atoms with E-state index in [0.29, 0.717) is 0 Å². The molecule has 2 aliphatic rings. The minimum Gasteiger partial charge on any atom is -0.311 e. The van der Waals surface area contributed by atoms with Gasteiger partial charge in [-0.05, 0) is 160 Å². The first-order valence-corrected chi connectivity index (χ1v) is 26.1. The second-order valence-electron chi connectivity index (χ2n) is 24.4. The standard InChI is InChI=1S/C66H63BN2S/c1-63(2,3)46-34-47(64(4,5)6)37-50(36-46)68-56-30-42-21-15-13-19-40(42)28-54(56)67-55-29-41-20-14-16-22-43(41)31-57(55)69(51-38-48(65(7,8)9)35-49(39-51)66(10,11)12)59-33-45(32-58(68)62(59)67)44-25-26-61-53(27-44)52-23-17-18-24-60(52)70-61/h13-39H,1-12H3. The molecule has 9 aromatic carbocycles. The van der Waals surface area contributed by atoms with Gasteiger partial charge in [0.15, 0.2) is 0 Å². The van der Waals surface area contributed by atoms with Crippen LogP contribution < -0.4 is 26.2 Å². The maximum atomic E-state index is 2.65. The van der Waals surface area contributed by atoms with Crippen LogP contribution in [0.5, 0.6) is 0 Å². The van der Waals surface area contributed by atoms with Crippen molar-refractivity contribution in [3.63, 3.8) is 0 Å². The van der Waals surface area contributed by atoms with Crippen molar-refractivity contribution < 1.29 is 0 Å². The summed E-state index contributed by atoms with van der Waals surface area (Å²) in [7, 11) is 0. The normalized spacial score (nSPS) is 13.9. The molecule has 0 unspecified atom stereocenters. The van der Waals surface area contributed by atoms with Crippen LogP contribution in [0.3, 0.4) is 0 Å². The Morgan fingerprint density at radius 3 is 1.19 bits per heavy atom. The highest BCUT2D eigenvalue weighted by Crippen LogP contribution is 2.50. The highest BCUT2D eigenvalue weighted by atomic mass is 32.1. The molecule has 0 amide bonds. The first-order valence-electron chi connectivity index (χ1n) is 25.3. The lowest BCUT2D eigenvalue weighted by Gasteiger charge is -2.45. The molecule has 1 aromatic heterocycles. The monoisotopic (exact) mass is 926 g/mol. The molecule has 346 valence electrons. The fourth-order valence-corrected chi connectivity index (χ4v) is 12.3. The molecule has 0 fully saturated rings. The number of fused-ring (bicyclic) bond motifs is 9. The van der Waals surface area contributed by atoms with Crippen molar-refractivity contribution >= 4 is 110 Å². The smallest absolute Gasteiger partial charge is 0.252 e. The molecule has 0 saturated carbocycles. The van der Waals surface area contributed by atoms with Crippen molar-refractivity contribution in [2.75, 3.05) is 9.80 Å². The Hall–Kier alpha value is -6.62. The lowest BCUT2D eigenvalue weighted by molar-refractivity contribution is 0.568. The summed E-state index contributed by atoms with van der Waals surface area (Å²) in [4.78, 5) is 5.31. The van der Waals surface area contributed by atoms with E-state index in [2.05, 4.69) is 257 Å². The Bertz CT molecular complexity index is 3540. The second kappa shape index (κ2) is 15.4. The highest BCUT2D eigenvalue weighted by molar-refractivity contribution is 7.25. The van der Waals surface area contributed by atoms with Crippen LogP contribution >= 0.6 is 11.3 Å². The van der Waals surface area contributed by atoms with E-state index in [0.717, 1.165) is 0 Å². The van der Waals surface area contributed by atoms with Crippen molar-refractivity contribution in [1.29, 1.82) is 0 Å². The van der Waals surface area contributed by atoms with Crippen LogP contribution in [0, 0.1) is 0 Å². The summed E-state index contributed by atoms with van der Waals surface area (Å²) in [6.45, 7) is 28.2. The summed E-state index contributed by atoms with van der Waals surface area (Å²) in [5.41, 5.74) is 18.9. The van der Waals surface area contributed by atoms with Gasteiger partial charge in [-0.3, -0.25) is 0 Å². The van der Waals surface area contributed by atoms with E-state index in [1.807, 2.05) is 11.3 Å². The molecular formula is C66H63BN2S. The Morgan fingerprint density at radius 1 is 0.343 bits per heavy atom. The molecule has 0 atom stereocenters. The summed E-state index contributed by atoms with van der Waals surface area (Å²) >= 11 is 1.88. The summed E-state index contributed by atoms with van der Waals surface area (Å²) in [6, 6.07) is 63.9. The molecule has 0 N–H and O–H groups in total. The van der Waals surface area contributed by atoms with Crippen molar-refractivity contribution in [2.24, 2.45) is 0 Å². The predicted octanol–water partition coefficient (Wildman–Crippen LogP) is 17.3. The number of rotatable bonds is 3. The van der Waals surface area contributed by atoms with Gasteiger partial charge in [-0.15, -0.1) is 11.3 Å². The molecule has 0 spiro atoms. The number of thiophene rings is 1. The van der Waals surface area contributed by atoms with E-state index < -0.39 is 0 Å². The number of nitrogens with zero attached hydrogens (tertiary/aromatic N) is 2. The molecule has 10 aromatic rings. The molecule has 2 aliphatic heterocycles. The Labute approximate surface area is 419 Å². The minimum absolute atomic E-state index is 0.0326. The van der Waals surface area contributed by atoms with Crippen molar-refractivity contribution in [1.82, 2.24) is 0 Å². The summed E-state index contributed by atoms with van der Waals surface area (Å²) < 4.78 is 2.64. The SMILES string of the molecule is CC(C)(C)c1cc(N2c3cc4ccccc4cc3B3c4cc5ccccc5cc4N(c4cc(C(C)(C)C)cc(C(C)(C)C)c4)c4cc(-c5ccc6sc7ccccc7c6c5)cc2c43)cc(C(C)(C)C)c1. The van der Waals surface area contributed by atoms with Crippen LogP contribution in [0.15, 0.2) is 164 Å². The van der Waals surface area contributed by atoms with Crippen LogP contribution in [0.25, 0.3) is 52.8 Å². The first kappa shape index (κ1) is 44.6. The molecule has 4 heteroatoms. The van der Waals surface area contributed by atoms with Gasteiger partial charge >= 0.3 is 0 Å². The van der Waals surface area contributed by atoms with E-state index in [9.17, 15) is 0 Å². The van der Waals surface area contributed by atoms with Gasteiger partial charge in [0.05, 0.1) is 0 Å². The maximum absolute atomic E-state index is 2.65. The third-order valence-corrected chi connectivity index (χ3v) is 16.5. The molecule has 12 rings (SSSR count). The average Bonchev–Trinajstić information content (AvgIpc) is 3.69. The van der Waals surface area contributed by atoms with Gasteiger partial charge in [-0.1, -0.05) is 180 Å². The van der Waals surface area contributed by atoms with E-state index in [1.54, 1.807) is 0 Å². The summed E-state index contributed by atoms with van der Waals surface area (Å²) in [5.74, 6) is 0. The molecule has 3 heterocycles. The fourth-order valence-electron chi connectivity index (χ4n) is 11.2. The molecule has 2 nitrogen and oxygen atoms in total. The van der Waals surface area contributed by atoms with E-state index in [4.69, 9.17) is 0 Å². The third-order valence-electron chi connectivity index (χ3n) is 15.3. The number of hydrogen-bond donors (Lipinski definition) is 0. The first-order chi connectivity index (χ1) is 33.2. The molecule has 70 heavy (non-hydrogen) atoms. The van der Waals surface area contributed by atoms with Crippen molar-refractivity contribution in [2.45, 2.75) is 105 Å². The maximum Gasteiger partial charge on any atom is 0.252 e. The highest BCUT2D eigenvalue weighted by Gasteiger charge is 2.45. The fraction of sp³-hybridized carbons (Fsp3) is 0.242. The Balaban J connectivity index is 1.26. The predicted molar refractivity (Wildman–Crippen MR) is 309 cm³/mol. The molecule has 0 bridgehead atoms. The Morgan fingerprint density at radius 2 is 0.743 bits per heavy atom. The number of benzene rings is 9. The van der Waals surface area contributed by atoms with Crippen molar-refractivity contribution in [3.05, 3.63) is 186 Å². The van der Waals surface area contributed by atoms with Gasteiger partial charge in [0.2, 0.25) is 0 Å².